The summed E-state index contributed by atoms with van der Waals surface area (Å²) in [6.45, 7) is 5.39. The molecule has 0 aromatic carbocycles. The van der Waals surface area contributed by atoms with Crippen LogP contribution in [-0.4, -0.2) is 25.2 Å². The number of carboxylic acids is 1. The van der Waals surface area contributed by atoms with Crippen LogP contribution in [0.4, 0.5) is 0 Å². The molecule has 19 heavy (non-hydrogen) atoms. The van der Waals surface area contributed by atoms with Crippen LogP contribution in [0.2, 0.25) is 0 Å². The van der Waals surface area contributed by atoms with E-state index in [4.69, 9.17) is 9.52 Å². The van der Waals surface area contributed by atoms with Crippen LogP contribution in [0.5, 0.6) is 0 Å². The first kappa shape index (κ1) is 15.7. The molecule has 1 heterocycles. The molecule has 0 aliphatic heterocycles. The Labute approximate surface area is 112 Å². The summed E-state index contributed by atoms with van der Waals surface area (Å²) in [5.41, 5.74) is 0.0522. The van der Waals surface area contributed by atoms with Gasteiger partial charge in [-0.05, 0) is 25.3 Å². The van der Waals surface area contributed by atoms with Crippen molar-refractivity contribution >= 4 is 16.0 Å². The minimum absolute atomic E-state index is 0.0332. The third-order valence-electron chi connectivity index (χ3n) is 2.63. The zero-order valence-electron chi connectivity index (χ0n) is 11.3. The van der Waals surface area contributed by atoms with Crippen molar-refractivity contribution in [2.45, 2.75) is 33.7 Å². The molecule has 6 nitrogen and oxygen atoms in total. The van der Waals surface area contributed by atoms with Crippen LogP contribution in [0.25, 0.3) is 0 Å². The maximum atomic E-state index is 11.7. The molecule has 0 aliphatic carbocycles. The molecule has 1 rings (SSSR count). The maximum Gasteiger partial charge on any atom is 0.339 e. The molecule has 0 unspecified atom stereocenters. The molecule has 0 atom stereocenters. The van der Waals surface area contributed by atoms with Gasteiger partial charge in [-0.2, -0.15) is 0 Å². The number of aromatic carboxylic acids is 1. The summed E-state index contributed by atoms with van der Waals surface area (Å²) < 4.78 is 30.9. The standard InChI is InChI=1S/C12H19NO5S/c1-8(2)4-5-19(16,17)13-7-10-6-11(12(14)15)9(3)18-10/h6,8,13H,4-5,7H2,1-3H3,(H,14,15). The van der Waals surface area contributed by atoms with Gasteiger partial charge in [0.25, 0.3) is 0 Å². The van der Waals surface area contributed by atoms with Crippen LogP contribution in [0.3, 0.4) is 0 Å². The predicted molar refractivity (Wildman–Crippen MR) is 70.5 cm³/mol. The van der Waals surface area contributed by atoms with Gasteiger partial charge in [0, 0.05) is 0 Å². The van der Waals surface area contributed by atoms with E-state index >= 15 is 0 Å². The maximum absolute atomic E-state index is 11.7. The minimum Gasteiger partial charge on any atom is -0.478 e. The fraction of sp³-hybridized carbons (Fsp3) is 0.583. The zero-order chi connectivity index (χ0) is 14.6. The van der Waals surface area contributed by atoms with Gasteiger partial charge in [-0.25, -0.2) is 17.9 Å². The molecule has 0 spiro atoms. The van der Waals surface area contributed by atoms with E-state index in [0.29, 0.717) is 18.1 Å². The van der Waals surface area contributed by atoms with E-state index in [1.165, 1.54) is 13.0 Å². The molecule has 1 aromatic heterocycles. The molecule has 0 bridgehead atoms. The van der Waals surface area contributed by atoms with E-state index in [1.807, 2.05) is 13.8 Å². The quantitative estimate of drug-likeness (QED) is 0.797. The highest BCUT2D eigenvalue weighted by Gasteiger charge is 2.16. The number of hydrogen-bond acceptors (Lipinski definition) is 4. The van der Waals surface area contributed by atoms with Crippen molar-refractivity contribution in [2.75, 3.05) is 5.75 Å². The fourth-order valence-electron chi connectivity index (χ4n) is 1.49. The van der Waals surface area contributed by atoms with Gasteiger partial charge in [0.1, 0.15) is 17.1 Å². The topological polar surface area (TPSA) is 96.6 Å². The predicted octanol–water partition coefficient (Wildman–Crippen LogP) is 1.75. The molecule has 0 aliphatic rings. The van der Waals surface area contributed by atoms with Crippen molar-refractivity contribution in [3.05, 3.63) is 23.2 Å². The molecule has 2 N–H and O–H groups in total. The summed E-state index contributed by atoms with van der Waals surface area (Å²) in [6, 6.07) is 1.34. The first-order valence-corrected chi connectivity index (χ1v) is 7.66. The van der Waals surface area contributed by atoms with E-state index in [-0.39, 0.29) is 23.6 Å². The van der Waals surface area contributed by atoms with Crippen LogP contribution in [-0.2, 0) is 16.6 Å². The van der Waals surface area contributed by atoms with Gasteiger partial charge >= 0.3 is 5.97 Å². The Bertz CT molecular complexity index is 544. The van der Waals surface area contributed by atoms with Gasteiger partial charge in [-0.1, -0.05) is 13.8 Å². The van der Waals surface area contributed by atoms with Crippen LogP contribution in [0, 0.1) is 12.8 Å². The average Bonchev–Trinajstić information content (AvgIpc) is 2.66. The summed E-state index contributed by atoms with van der Waals surface area (Å²) in [5, 5.41) is 8.85. The SMILES string of the molecule is Cc1oc(CNS(=O)(=O)CCC(C)C)cc1C(=O)O. The summed E-state index contributed by atoms with van der Waals surface area (Å²) in [4.78, 5) is 10.8. The molecule has 7 heteroatoms. The minimum atomic E-state index is -3.36. The summed E-state index contributed by atoms with van der Waals surface area (Å²) in [7, 11) is -3.36. The lowest BCUT2D eigenvalue weighted by Gasteiger charge is -2.06. The third kappa shape index (κ3) is 5.04. The highest BCUT2D eigenvalue weighted by Crippen LogP contribution is 2.14. The van der Waals surface area contributed by atoms with E-state index in [0.717, 1.165) is 0 Å². The largest absolute Gasteiger partial charge is 0.478 e. The van der Waals surface area contributed by atoms with Crippen molar-refractivity contribution in [3.63, 3.8) is 0 Å². The van der Waals surface area contributed by atoms with E-state index < -0.39 is 16.0 Å². The molecule has 108 valence electrons. The second kappa shape index (κ2) is 6.21. The molecule has 0 fully saturated rings. The third-order valence-corrected chi connectivity index (χ3v) is 3.99. The summed E-state index contributed by atoms with van der Waals surface area (Å²) in [6.07, 6.45) is 0.576. The lowest BCUT2D eigenvalue weighted by molar-refractivity contribution is 0.0695. The van der Waals surface area contributed by atoms with Crippen LogP contribution in [0.1, 0.15) is 42.1 Å². The fourth-order valence-corrected chi connectivity index (χ4v) is 2.78. The second-order valence-corrected chi connectivity index (χ2v) is 6.74. The zero-order valence-corrected chi connectivity index (χ0v) is 12.1. The van der Waals surface area contributed by atoms with Gasteiger partial charge in [0.05, 0.1) is 12.3 Å². The van der Waals surface area contributed by atoms with Gasteiger partial charge in [-0.3, -0.25) is 0 Å². The van der Waals surface area contributed by atoms with Crippen molar-refractivity contribution in [1.82, 2.24) is 4.72 Å². The molecular formula is C12H19NO5S. The lowest BCUT2D eigenvalue weighted by Crippen LogP contribution is -2.26. The molecule has 1 aromatic rings. The Kier molecular flexibility index (Phi) is 5.13. The van der Waals surface area contributed by atoms with Crippen molar-refractivity contribution < 1.29 is 22.7 Å². The second-order valence-electron chi connectivity index (χ2n) is 4.81. The van der Waals surface area contributed by atoms with Crippen molar-refractivity contribution in [2.24, 2.45) is 5.92 Å². The highest BCUT2D eigenvalue weighted by atomic mass is 32.2. The number of carboxylic acid groups (broad SMARTS) is 1. The Morgan fingerprint density at radius 1 is 1.47 bits per heavy atom. The Hall–Kier alpha value is -1.34. The van der Waals surface area contributed by atoms with Crippen molar-refractivity contribution in [3.8, 4) is 0 Å². The van der Waals surface area contributed by atoms with Crippen molar-refractivity contribution in [1.29, 1.82) is 0 Å². The first-order valence-electron chi connectivity index (χ1n) is 6.01. The number of carbonyl (C=O) groups is 1. The normalized spacial score (nSPS) is 12.0. The number of sulfonamides is 1. The van der Waals surface area contributed by atoms with Gasteiger partial charge in [0.15, 0.2) is 0 Å². The number of hydrogen-bond donors (Lipinski definition) is 2. The lowest BCUT2D eigenvalue weighted by atomic mass is 10.2. The van der Waals surface area contributed by atoms with Gasteiger partial charge in [-0.15, -0.1) is 0 Å². The Balaban J connectivity index is 2.62. The van der Waals surface area contributed by atoms with Crippen LogP contribution in [0.15, 0.2) is 10.5 Å². The molecule has 0 amide bonds. The van der Waals surface area contributed by atoms with Gasteiger partial charge < -0.3 is 9.52 Å². The highest BCUT2D eigenvalue weighted by molar-refractivity contribution is 7.89. The number of rotatable bonds is 7. The molecule has 0 saturated carbocycles. The van der Waals surface area contributed by atoms with E-state index in [9.17, 15) is 13.2 Å². The number of aryl methyl sites for hydroxylation is 1. The summed E-state index contributed by atoms with van der Waals surface area (Å²) >= 11 is 0. The van der Waals surface area contributed by atoms with Gasteiger partial charge in [0.2, 0.25) is 10.0 Å². The average molecular weight is 289 g/mol. The monoisotopic (exact) mass is 289 g/mol. The summed E-state index contributed by atoms with van der Waals surface area (Å²) in [5.74, 6) is -0.168. The molecular weight excluding hydrogens is 270 g/mol. The number of furan rings is 1. The first-order chi connectivity index (χ1) is 8.71. The van der Waals surface area contributed by atoms with E-state index in [2.05, 4.69) is 4.72 Å². The molecule has 0 radical (unpaired) electrons. The van der Waals surface area contributed by atoms with Crippen LogP contribution < -0.4 is 4.72 Å². The Morgan fingerprint density at radius 2 is 2.11 bits per heavy atom. The number of nitrogens with one attached hydrogen (secondary N) is 1. The van der Waals surface area contributed by atoms with Crippen LogP contribution >= 0.6 is 0 Å². The Morgan fingerprint density at radius 3 is 2.58 bits per heavy atom. The van der Waals surface area contributed by atoms with E-state index in [1.54, 1.807) is 0 Å². The molecule has 0 saturated heterocycles. The smallest absolute Gasteiger partial charge is 0.339 e.